The van der Waals surface area contributed by atoms with E-state index in [1.807, 2.05) is 5.38 Å². The van der Waals surface area contributed by atoms with Crippen molar-refractivity contribution in [3.8, 4) is 0 Å². The number of hydrogen-bond donors (Lipinski definition) is 0. The van der Waals surface area contributed by atoms with E-state index in [1.165, 1.54) is 5.56 Å². The van der Waals surface area contributed by atoms with Crippen LogP contribution in [-0.4, -0.2) is 6.29 Å². The number of hydrogen-bond acceptors (Lipinski definition) is 2. The lowest BCUT2D eigenvalue weighted by Crippen LogP contribution is -1.90. The maximum absolute atomic E-state index is 10.1. The van der Waals surface area contributed by atoms with E-state index in [-0.39, 0.29) is 0 Å². The minimum absolute atomic E-state index is 0.392. The predicted octanol–water partition coefficient (Wildman–Crippen LogP) is 2.44. The molecule has 54 valence electrons. The summed E-state index contributed by atoms with van der Waals surface area (Å²) in [7, 11) is 0. The van der Waals surface area contributed by atoms with Gasteiger partial charge >= 0.3 is 0 Å². The molecule has 0 saturated heterocycles. The Hall–Kier alpha value is -0.630. The van der Waals surface area contributed by atoms with E-state index in [9.17, 15) is 4.79 Å². The molecule has 0 unspecified atom stereocenters. The third-order valence-electron chi connectivity index (χ3n) is 1.56. The Morgan fingerprint density at radius 2 is 2.60 bits per heavy atom. The van der Waals surface area contributed by atoms with Crippen LogP contribution in [0.1, 0.15) is 24.8 Å². The number of aldehydes is 1. The molecule has 1 rings (SSSR count). The largest absolute Gasteiger partial charge is 0.303 e. The molecule has 1 heterocycles. The minimum Gasteiger partial charge on any atom is -0.303 e. The molecule has 10 heavy (non-hydrogen) atoms. The fourth-order valence-electron chi connectivity index (χ4n) is 0.836. The van der Waals surface area contributed by atoms with Crippen molar-refractivity contribution in [3.05, 3.63) is 22.4 Å². The Labute approximate surface area is 64.7 Å². The molecule has 1 nitrogen and oxygen atoms in total. The second-order valence-electron chi connectivity index (χ2n) is 2.36. The van der Waals surface area contributed by atoms with Crippen LogP contribution in [0, 0.1) is 0 Å². The summed E-state index contributed by atoms with van der Waals surface area (Å²) in [5.41, 5.74) is 1.28. The summed E-state index contributed by atoms with van der Waals surface area (Å²) in [6, 6.07) is 2.07. The Bertz CT molecular complexity index is 191. The Kier molecular flexibility index (Phi) is 2.63. The van der Waals surface area contributed by atoms with E-state index < -0.39 is 0 Å². The summed E-state index contributed by atoms with van der Waals surface area (Å²) >= 11 is 1.68. The van der Waals surface area contributed by atoms with Crippen molar-refractivity contribution in [3.63, 3.8) is 0 Å². The molecule has 0 amide bonds. The van der Waals surface area contributed by atoms with Gasteiger partial charge in [0.2, 0.25) is 0 Å². The van der Waals surface area contributed by atoms with Crippen LogP contribution in [0.4, 0.5) is 0 Å². The van der Waals surface area contributed by atoms with Crippen molar-refractivity contribution in [1.82, 2.24) is 0 Å². The third-order valence-corrected chi connectivity index (χ3v) is 2.26. The van der Waals surface area contributed by atoms with Gasteiger partial charge in [0, 0.05) is 6.42 Å². The molecule has 0 aliphatic carbocycles. The highest BCUT2D eigenvalue weighted by Crippen LogP contribution is 2.19. The molecule has 0 aliphatic heterocycles. The molecular formula is C8H10OS. The first kappa shape index (κ1) is 7.48. The van der Waals surface area contributed by atoms with Gasteiger partial charge in [0.05, 0.1) is 0 Å². The molecule has 1 aromatic heterocycles. The number of carbonyl (C=O) groups is 1. The molecule has 0 bridgehead atoms. The molecule has 0 aromatic carbocycles. The lowest BCUT2D eigenvalue weighted by Gasteiger charge is -2.02. The Balaban J connectivity index is 2.58. The van der Waals surface area contributed by atoms with E-state index in [0.29, 0.717) is 12.3 Å². The zero-order chi connectivity index (χ0) is 7.40. The average molecular weight is 154 g/mol. The van der Waals surface area contributed by atoms with E-state index in [4.69, 9.17) is 0 Å². The molecule has 0 saturated carbocycles. The monoisotopic (exact) mass is 154 g/mol. The summed E-state index contributed by atoms with van der Waals surface area (Å²) in [5.74, 6) is 0.392. The summed E-state index contributed by atoms with van der Waals surface area (Å²) in [4.78, 5) is 10.1. The van der Waals surface area contributed by atoms with Gasteiger partial charge in [0.25, 0.3) is 0 Å². The fourth-order valence-corrected chi connectivity index (χ4v) is 1.62. The van der Waals surface area contributed by atoms with E-state index in [2.05, 4.69) is 18.4 Å². The van der Waals surface area contributed by atoms with Crippen LogP contribution in [-0.2, 0) is 4.79 Å². The van der Waals surface area contributed by atoms with Gasteiger partial charge in [-0.25, -0.2) is 0 Å². The van der Waals surface area contributed by atoms with Crippen molar-refractivity contribution in [2.75, 3.05) is 0 Å². The second-order valence-corrected chi connectivity index (χ2v) is 3.14. The molecule has 0 aliphatic rings. The summed E-state index contributed by atoms with van der Waals surface area (Å²) in [5, 5.41) is 4.13. The zero-order valence-corrected chi connectivity index (χ0v) is 6.73. The van der Waals surface area contributed by atoms with Crippen LogP contribution in [0.25, 0.3) is 0 Å². The van der Waals surface area contributed by atoms with Gasteiger partial charge in [-0.1, -0.05) is 6.92 Å². The predicted molar refractivity (Wildman–Crippen MR) is 43.4 cm³/mol. The van der Waals surface area contributed by atoms with Gasteiger partial charge in [-0.2, -0.15) is 11.3 Å². The second kappa shape index (κ2) is 3.52. The summed E-state index contributed by atoms with van der Waals surface area (Å²) in [6.45, 7) is 2.07. The third kappa shape index (κ3) is 1.67. The summed E-state index contributed by atoms with van der Waals surface area (Å²) < 4.78 is 0. The summed E-state index contributed by atoms with van der Waals surface area (Å²) in [6.07, 6.45) is 1.61. The Morgan fingerprint density at radius 3 is 3.10 bits per heavy atom. The number of carbonyl (C=O) groups excluding carboxylic acids is 1. The average Bonchev–Trinajstić information content (AvgIpc) is 2.38. The zero-order valence-electron chi connectivity index (χ0n) is 5.91. The van der Waals surface area contributed by atoms with Crippen LogP contribution in [0.3, 0.4) is 0 Å². The van der Waals surface area contributed by atoms with Crippen molar-refractivity contribution >= 4 is 17.6 Å². The molecule has 0 spiro atoms. The number of thiophene rings is 1. The van der Waals surface area contributed by atoms with E-state index in [0.717, 1.165) is 6.29 Å². The first-order valence-electron chi connectivity index (χ1n) is 3.30. The van der Waals surface area contributed by atoms with Crippen LogP contribution in [0.5, 0.6) is 0 Å². The Morgan fingerprint density at radius 1 is 1.80 bits per heavy atom. The van der Waals surface area contributed by atoms with Gasteiger partial charge in [-0.05, 0) is 28.3 Å². The molecular weight excluding hydrogens is 144 g/mol. The smallest absolute Gasteiger partial charge is 0.120 e. The topological polar surface area (TPSA) is 17.1 Å². The van der Waals surface area contributed by atoms with Crippen LogP contribution in [0.15, 0.2) is 16.8 Å². The van der Waals surface area contributed by atoms with Gasteiger partial charge in [0.1, 0.15) is 6.29 Å². The molecule has 0 radical (unpaired) electrons. The standard InChI is InChI=1S/C8H10OS/c1-7(2-4-9)8-3-5-10-6-8/h3-7H,2H2,1H3/t7-/m1/s1. The van der Waals surface area contributed by atoms with Crippen molar-refractivity contribution < 1.29 is 4.79 Å². The molecule has 1 atom stereocenters. The van der Waals surface area contributed by atoms with E-state index in [1.54, 1.807) is 11.3 Å². The van der Waals surface area contributed by atoms with Crippen molar-refractivity contribution in [2.45, 2.75) is 19.3 Å². The molecule has 0 N–H and O–H groups in total. The van der Waals surface area contributed by atoms with Gasteiger partial charge in [0.15, 0.2) is 0 Å². The highest BCUT2D eigenvalue weighted by Gasteiger charge is 2.03. The molecule has 1 aromatic rings. The maximum atomic E-state index is 10.1. The fraction of sp³-hybridized carbons (Fsp3) is 0.375. The highest BCUT2D eigenvalue weighted by atomic mass is 32.1. The lowest BCUT2D eigenvalue weighted by molar-refractivity contribution is -0.108. The van der Waals surface area contributed by atoms with Crippen LogP contribution >= 0.6 is 11.3 Å². The first-order chi connectivity index (χ1) is 4.84. The minimum atomic E-state index is 0.392. The highest BCUT2D eigenvalue weighted by molar-refractivity contribution is 7.07. The number of rotatable bonds is 3. The van der Waals surface area contributed by atoms with Gasteiger partial charge < -0.3 is 4.79 Å². The normalized spacial score (nSPS) is 12.9. The molecule has 2 heteroatoms. The molecule has 0 fully saturated rings. The quantitative estimate of drug-likeness (QED) is 0.611. The SMILES string of the molecule is C[C@H](CC=O)c1ccsc1. The van der Waals surface area contributed by atoms with Crippen LogP contribution < -0.4 is 0 Å². The maximum Gasteiger partial charge on any atom is 0.120 e. The van der Waals surface area contributed by atoms with Crippen molar-refractivity contribution in [1.29, 1.82) is 0 Å². The van der Waals surface area contributed by atoms with E-state index >= 15 is 0 Å². The first-order valence-corrected chi connectivity index (χ1v) is 4.24. The van der Waals surface area contributed by atoms with Crippen molar-refractivity contribution in [2.24, 2.45) is 0 Å². The van der Waals surface area contributed by atoms with Gasteiger partial charge in [-0.15, -0.1) is 0 Å². The van der Waals surface area contributed by atoms with Gasteiger partial charge in [-0.3, -0.25) is 0 Å². The van der Waals surface area contributed by atoms with Crippen LogP contribution in [0.2, 0.25) is 0 Å². The lowest BCUT2D eigenvalue weighted by atomic mass is 10.0.